The number of rotatable bonds is 2. The summed E-state index contributed by atoms with van der Waals surface area (Å²) < 4.78 is 13.6. The Balaban J connectivity index is 2.09. The van der Waals surface area contributed by atoms with Gasteiger partial charge < -0.3 is 11.1 Å². The average molecular weight is 250 g/mol. The van der Waals surface area contributed by atoms with Gasteiger partial charge in [0, 0.05) is 11.7 Å². The van der Waals surface area contributed by atoms with Crippen LogP contribution in [0.5, 0.6) is 0 Å². The third kappa shape index (κ3) is 2.81. The van der Waals surface area contributed by atoms with E-state index in [0.717, 1.165) is 19.3 Å². The first-order valence-corrected chi connectivity index (χ1v) is 6.44. The molecule has 0 aromatic heterocycles. The van der Waals surface area contributed by atoms with Gasteiger partial charge in [-0.2, -0.15) is 0 Å². The molecule has 1 aliphatic rings. The van der Waals surface area contributed by atoms with Crippen LogP contribution in [-0.4, -0.2) is 11.9 Å². The van der Waals surface area contributed by atoms with Crippen LogP contribution in [0.2, 0.25) is 0 Å². The van der Waals surface area contributed by atoms with E-state index < -0.39 is 5.82 Å². The first kappa shape index (κ1) is 12.9. The molecule has 4 heteroatoms. The van der Waals surface area contributed by atoms with Gasteiger partial charge in [0.1, 0.15) is 5.82 Å². The second-order valence-electron chi connectivity index (χ2n) is 5.08. The predicted octanol–water partition coefficient (Wildman–Crippen LogP) is 2.72. The molecule has 1 saturated carbocycles. The highest BCUT2D eigenvalue weighted by molar-refractivity contribution is 5.95. The maximum absolute atomic E-state index is 13.6. The molecule has 1 amide bonds. The molecule has 0 saturated heterocycles. The van der Waals surface area contributed by atoms with Crippen LogP contribution in [0.3, 0.4) is 0 Å². The van der Waals surface area contributed by atoms with Crippen LogP contribution in [-0.2, 0) is 0 Å². The Hall–Kier alpha value is -1.58. The predicted molar refractivity (Wildman–Crippen MR) is 69.7 cm³/mol. The summed E-state index contributed by atoms with van der Waals surface area (Å²) in [4.78, 5) is 12.0. The normalized spacial score (nSPS) is 23.7. The van der Waals surface area contributed by atoms with E-state index in [1.807, 2.05) is 0 Å². The number of hydrogen-bond donors (Lipinski definition) is 2. The van der Waals surface area contributed by atoms with E-state index in [1.54, 1.807) is 0 Å². The summed E-state index contributed by atoms with van der Waals surface area (Å²) in [5, 5.41) is 2.92. The van der Waals surface area contributed by atoms with Gasteiger partial charge in [-0.1, -0.05) is 19.8 Å². The molecule has 1 fully saturated rings. The molecule has 1 aromatic rings. The molecular weight excluding hydrogens is 231 g/mol. The van der Waals surface area contributed by atoms with E-state index in [4.69, 9.17) is 5.73 Å². The molecule has 3 N–H and O–H groups in total. The van der Waals surface area contributed by atoms with Crippen molar-refractivity contribution in [3.8, 4) is 0 Å². The Kier molecular flexibility index (Phi) is 3.84. The lowest BCUT2D eigenvalue weighted by Crippen LogP contribution is -2.41. The number of nitrogens with one attached hydrogen (secondary N) is 1. The number of carbonyl (C=O) groups is 1. The average Bonchev–Trinajstić information content (AvgIpc) is 2.35. The highest BCUT2D eigenvalue weighted by Crippen LogP contribution is 2.24. The molecule has 1 aliphatic carbocycles. The van der Waals surface area contributed by atoms with Gasteiger partial charge in [0.2, 0.25) is 0 Å². The van der Waals surface area contributed by atoms with E-state index >= 15 is 0 Å². The summed E-state index contributed by atoms with van der Waals surface area (Å²) in [6.07, 6.45) is 4.41. The van der Waals surface area contributed by atoms with Crippen molar-refractivity contribution in [2.24, 2.45) is 5.92 Å². The number of amides is 1. The lowest BCUT2D eigenvalue weighted by atomic mass is 9.86. The SMILES string of the molecule is CC1CCCCC1NC(=O)c1cc(N)ccc1F. The van der Waals surface area contributed by atoms with E-state index in [0.29, 0.717) is 11.6 Å². The van der Waals surface area contributed by atoms with Gasteiger partial charge in [0.25, 0.3) is 5.91 Å². The Morgan fingerprint density at radius 3 is 2.83 bits per heavy atom. The monoisotopic (exact) mass is 250 g/mol. The number of nitrogen functional groups attached to an aromatic ring is 1. The highest BCUT2D eigenvalue weighted by Gasteiger charge is 2.24. The van der Waals surface area contributed by atoms with Crippen molar-refractivity contribution in [1.29, 1.82) is 0 Å². The maximum atomic E-state index is 13.6. The Bertz CT molecular complexity index is 447. The zero-order valence-corrected chi connectivity index (χ0v) is 10.6. The van der Waals surface area contributed by atoms with Crippen LogP contribution in [0, 0.1) is 11.7 Å². The molecular formula is C14H19FN2O. The van der Waals surface area contributed by atoms with Crippen LogP contribution < -0.4 is 11.1 Å². The zero-order valence-electron chi connectivity index (χ0n) is 10.6. The molecule has 98 valence electrons. The fraction of sp³-hybridized carbons (Fsp3) is 0.500. The minimum absolute atomic E-state index is 0.0350. The summed E-state index contributed by atoms with van der Waals surface area (Å²) in [6, 6.07) is 4.22. The van der Waals surface area contributed by atoms with Gasteiger partial charge in [0.15, 0.2) is 0 Å². The smallest absolute Gasteiger partial charge is 0.254 e. The van der Waals surface area contributed by atoms with Crippen molar-refractivity contribution in [1.82, 2.24) is 5.32 Å². The number of benzene rings is 1. The molecule has 0 bridgehead atoms. The molecule has 18 heavy (non-hydrogen) atoms. The highest BCUT2D eigenvalue weighted by atomic mass is 19.1. The van der Waals surface area contributed by atoms with Crippen molar-refractivity contribution in [2.75, 3.05) is 5.73 Å². The Morgan fingerprint density at radius 2 is 2.11 bits per heavy atom. The maximum Gasteiger partial charge on any atom is 0.254 e. The van der Waals surface area contributed by atoms with Gasteiger partial charge in [-0.25, -0.2) is 4.39 Å². The van der Waals surface area contributed by atoms with Crippen LogP contribution in [0.4, 0.5) is 10.1 Å². The zero-order chi connectivity index (χ0) is 13.1. The standard InChI is InChI=1S/C14H19FN2O/c1-9-4-2-3-5-13(9)17-14(18)11-8-10(16)6-7-12(11)15/h6-9,13H,2-5,16H2,1H3,(H,17,18). The van der Waals surface area contributed by atoms with Crippen LogP contribution in [0.1, 0.15) is 43.0 Å². The van der Waals surface area contributed by atoms with E-state index in [-0.39, 0.29) is 17.5 Å². The summed E-state index contributed by atoms with van der Waals surface area (Å²) in [5.74, 6) is -0.435. The number of hydrogen-bond acceptors (Lipinski definition) is 2. The van der Waals surface area contributed by atoms with Crippen molar-refractivity contribution >= 4 is 11.6 Å². The minimum atomic E-state index is -0.523. The largest absolute Gasteiger partial charge is 0.399 e. The van der Waals surface area contributed by atoms with Gasteiger partial charge in [-0.15, -0.1) is 0 Å². The van der Waals surface area contributed by atoms with E-state index in [9.17, 15) is 9.18 Å². The lowest BCUT2D eigenvalue weighted by molar-refractivity contribution is 0.0906. The molecule has 0 aliphatic heterocycles. The Morgan fingerprint density at radius 1 is 1.39 bits per heavy atom. The molecule has 2 atom stereocenters. The first-order valence-electron chi connectivity index (χ1n) is 6.44. The van der Waals surface area contributed by atoms with E-state index in [1.165, 1.54) is 24.6 Å². The van der Waals surface area contributed by atoms with Crippen molar-refractivity contribution in [2.45, 2.75) is 38.6 Å². The summed E-state index contributed by atoms with van der Waals surface area (Å²) >= 11 is 0. The molecule has 1 aromatic carbocycles. The van der Waals surface area contributed by atoms with Gasteiger partial charge in [0.05, 0.1) is 5.56 Å². The number of anilines is 1. The summed E-state index contributed by atoms with van der Waals surface area (Å²) in [5.41, 5.74) is 6.02. The van der Waals surface area contributed by atoms with E-state index in [2.05, 4.69) is 12.2 Å². The Labute approximate surface area is 107 Å². The number of carbonyl (C=O) groups excluding carboxylic acids is 1. The fourth-order valence-corrected chi connectivity index (χ4v) is 2.49. The molecule has 2 rings (SSSR count). The topological polar surface area (TPSA) is 55.1 Å². The molecule has 0 heterocycles. The number of nitrogens with two attached hydrogens (primary N) is 1. The molecule has 0 spiro atoms. The third-order valence-electron chi connectivity index (χ3n) is 3.66. The number of halogens is 1. The minimum Gasteiger partial charge on any atom is -0.399 e. The molecule has 2 unspecified atom stereocenters. The van der Waals surface area contributed by atoms with Gasteiger partial charge in [-0.3, -0.25) is 4.79 Å². The first-order chi connectivity index (χ1) is 8.58. The van der Waals surface area contributed by atoms with Crippen molar-refractivity contribution < 1.29 is 9.18 Å². The quantitative estimate of drug-likeness (QED) is 0.793. The fourth-order valence-electron chi connectivity index (χ4n) is 2.49. The lowest BCUT2D eigenvalue weighted by Gasteiger charge is -2.29. The van der Waals surface area contributed by atoms with Crippen LogP contribution in [0.15, 0.2) is 18.2 Å². The van der Waals surface area contributed by atoms with Crippen molar-refractivity contribution in [3.05, 3.63) is 29.6 Å². The second kappa shape index (κ2) is 5.38. The molecule has 3 nitrogen and oxygen atoms in total. The van der Waals surface area contributed by atoms with Gasteiger partial charge in [-0.05, 0) is 37.0 Å². The molecule has 0 radical (unpaired) electrons. The van der Waals surface area contributed by atoms with Crippen LogP contribution in [0.25, 0.3) is 0 Å². The van der Waals surface area contributed by atoms with Gasteiger partial charge >= 0.3 is 0 Å². The third-order valence-corrected chi connectivity index (χ3v) is 3.66. The second-order valence-corrected chi connectivity index (χ2v) is 5.08. The summed E-state index contributed by atoms with van der Waals surface area (Å²) in [7, 11) is 0. The van der Waals surface area contributed by atoms with Crippen LogP contribution >= 0.6 is 0 Å². The summed E-state index contributed by atoms with van der Waals surface area (Å²) in [6.45, 7) is 2.12. The van der Waals surface area contributed by atoms with Crippen molar-refractivity contribution in [3.63, 3.8) is 0 Å².